The molecule has 0 atom stereocenters. The number of aromatic hydroxyl groups is 1. The smallest absolute Gasteiger partial charge is 0.140 e. The van der Waals surface area contributed by atoms with Gasteiger partial charge in [0.1, 0.15) is 11.6 Å². The van der Waals surface area contributed by atoms with Gasteiger partial charge >= 0.3 is 0 Å². The number of fused-ring (bicyclic) bond motifs is 1. The number of rotatable bonds is 3. The van der Waals surface area contributed by atoms with Crippen LogP contribution in [0.1, 0.15) is 31.2 Å². The normalized spacial score (nSPS) is 11.9. The molecule has 0 unspecified atom stereocenters. The molecule has 0 radical (unpaired) electrons. The van der Waals surface area contributed by atoms with Crippen molar-refractivity contribution in [3.63, 3.8) is 0 Å². The minimum atomic E-state index is -0.365. The summed E-state index contributed by atoms with van der Waals surface area (Å²) >= 11 is 1.64. The summed E-state index contributed by atoms with van der Waals surface area (Å²) in [5, 5.41) is 11.5. The zero-order chi connectivity index (χ0) is 20.8. The van der Waals surface area contributed by atoms with Crippen LogP contribution in [-0.4, -0.2) is 10.1 Å². The van der Waals surface area contributed by atoms with Crippen molar-refractivity contribution < 1.29 is 9.50 Å². The zero-order valence-electron chi connectivity index (χ0n) is 17.1. The summed E-state index contributed by atoms with van der Waals surface area (Å²) in [7, 11) is 0. The molecule has 0 saturated heterocycles. The third-order valence-corrected chi connectivity index (χ3v) is 5.89. The van der Waals surface area contributed by atoms with E-state index in [1.165, 1.54) is 0 Å². The minimum absolute atomic E-state index is 0.0841. The number of hydrogen-bond donors (Lipinski definition) is 1. The van der Waals surface area contributed by atoms with Gasteiger partial charge in [0, 0.05) is 32.5 Å². The lowest BCUT2D eigenvalue weighted by Gasteiger charge is -2.18. The third-order valence-electron chi connectivity index (χ3n) is 4.88. The summed E-state index contributed by atoms with van der Waals surface area (Å²) in [5.74, 6) is -0.281. The Balaban J connectivity index is 1.81. The summed E-state index contributed by atoms with van der Waals surface area (Å²) in [6, 6.07) is 14.8. The molecule has 2 heterocycles. The summed E-state index contributed by atoms with van der Waals surface area (Å²) in [4.78, 5) is 5.57. The Morgan fingerprint density at radius 1 is 1.00 bits per heavy atom. The highest BCUT2D eigenvalue weighted by Gasteiger charge is 2.18. The molecular formula is C25H24FNOS. The first-order chi connectivity index (χ1) is 13.7. The van der Waals surface area contributed by atoms with Gasteiger partial charge in [0.25, 0.3) is 0 Å². The molecule has 2 aromatic carbocycles. The lowest BCUT2D eigenvalue weighted by Crippen LogP contribution is -2.09. The molecule has 0 aliphatic heterocycles. The third kappa shape index (κ3) is 4.03. The van der Waals surface area contributed by atoms with Crippen molar-refractivity contribution >= 4 is 21.4 Å². The van der Waals surface area contributed by atoms with E-state index in [2.05, 4.69) is 25.8 Å². The number of benzene rings is 2. The molecule has 0 saturated carbocycles. The van der Waals surface area contributed by atoms with Gasteiger partial charge in [-0.3, -0.25) is 4.98 Å². The second-order valence-electron chi connectivity index (χ2n) is 8.72. The van der Waals surface area contributed by atoms with Crippen molar-refractivity contribution in [2.24, 2.45) is 5.41 Å². The maximum atomic E-state index is 15.6. The summed E-state index contributed by atoms with van der Waals surface area (Å²) in [6.45, 7) is 8.57. The Morgan fingerprint density at radius 3 is 2.52 bits per heavy atom. The zero-order valence-corrected chi connectivity index (χ0v) is 17.9. The predicted octanol–water partition coefficient (Wildman–Crippen LogP) is 7.37. The molecule has 1 N–H and O–H groups in total. The number of phenols is 1. The fourth-order valence-electron chi connectivity index (χ4n) is 3.71. The van der Waals surface area contributed by atoms with E-state index in [1.54, 1.807) is 35.7 Å². The number of aromatic nitrogens is 1. The number of pyridine rings is 1. The van der Waals surface area contributed by atoms with E-state index >= 15 is 4.39 Å². The number of phenolic OH excluding ortho intramolecular Hbond substituents is 1. The molecule has 0 fully saturated rings. The van der Waals surface area contributed by atoms with Crippen molar-refractivity contribution in [1.29, 1.82) is 0 Å². The van der Waals surface area contributed by atoms with Crippen LogP contribution < -0.4 is 0 Å². The van der Waals surface area contributed by atoms with Crippen LogP contribution in [0, 0.1) is 18.2 Å². The van der Waals surface area contributed by atoms with Crippen LogP contribution in [0.15, 0.2) is 54.7 Å². The van der Waals surface area contributed by atoms with Crippen molar-refractivity contribution in [3.8, 4) is 28.1 Å². The largest absolute Gasteiger partial charge is 0.507 e. The van der Waals surface area contributed by atoms with Crippen LogP contribution in [0.5, 0.6) is 5.75 Å². The van der Waals surface area contributed by atoms with Gasteiger partial charge in [0.15, 0.2) is 0 Å². The summed E-state index contributed by atoms with van der Waals surface area (Å²) < 4.78 is 16.6. The molecule has 4 heteroatoms. The number of nitrogens with zero attached hydrogens (tertiary/aromatic N) is 1. The molecule has 0 spiro atoms. The average Bonchev–Trinajstić information content (AvgIpc) is 2.99. The number of thiophene rings is 1. The van der Waals surface area contributed by atoms with Crippen molar-refractivity contribution in [3.05, 3.63) is 71.0 Å². The van der Waals surface area contributed by atoms with E-state index in [-0.39, 0.29) is 17.0 Å². The maximum absolute atomic E-state index is 15.6. The monoisotopic (exact) mass is 405 g/mol. The molecule has 148 valence electrons. The average molecular weight is 406 g/mol. The highest BCUT2D eigenvalue weighted by Crippen LogP contribution is 2.39. The van der Waals surface area contributed by atoms with Gasteiger partial charge in [0.05, 0.1) is 5.69 Å². The van der Waals surface area contributed by atoms with Gasteiger partial charge in [0.2, 0.25) is 0 Å². The number of hydrogen-bond acceptors (Lipinski definition) is 3. The van der Waals surface area contributed by atoms with Crippen LogP contribution in [0.25, 0.3) is 32.5 Å². The number of halogens is 1. The van der Waals surface area contributed by atoms with E-state index in [9.17, 15) is 5.11 Å². The first-order valence-corrected chi connectivity index (χ1v) is 10.5. The second kappa shape index (κ2) is 7.27. The topological polar surface area (TPSA) is 33.1 Å². The Bertz CT molecular complexity index is 1200. The second-order valence-corrected chi connectivity index (χ2v) is 10.0. The molecular weight excluding hydrogens is 381 g/mol. The van der Waals surface area contributed by atoms with Gasteiger partial charge < -0.3 is 5.11 Å². The van der Waals surface area contributed by atoms with Gasteiger partial charge in [-0.2, -0.15) is 0 Å². The van der Waals surface area contributed by atoms with Crippen molar-refractivity contribution in [1.82, 2.24) is 4.98 Å². The molecule has 0 aliphatic rings. The van der Waals surface area contributed by atoms with E-state index in [0.717, 1.165) is 26.9 Å². The SMILES string of the molecule is Cc1cc2cc(O)c(-c3cccc(-c4cc(CC(C)(C)C)ccn4)c3F)cc2s1. The first kappa shape index (κ1) is 19.6. The summed E-state index contributed by atoms with van der Waals surface area (Å²) in [6.07, 6.45) is 2.62. The van der Waals surface area contributed by atoms with E-state index < -0.39 is 0 Å². The maximum Gasteiger partial charge on any atom is 0.140 e. The van der Waals surface area contributed by atoms with Crippen LogP contribution >= 0.6 is 11.3 Å². The first-order valence-electron chi connectivity index (χ1n) is 9.69. The van der Waals surface area contributed by atoms with Crippen LogP contribution in [0.3, 0.4) is 0 Å². The predicted molar refractivity (Wildman–Crippen MR) is 120 cm³/mol. The fraction of sp³-hybridized carbons (Fsp3) is 0.240. The molecule has 4 aromatic rings. The Morgan fingerprint density at radius 2 is 1.76 bits per heavy atom. The van der Waals surface area contributed by atoms with Crippen LogP contribution in [-0.2, 0) is 6.42 Å². The molecule has 2 aromatic heterocycles. The Labute approximate surface area is 174 Å². The Hall–Kier alpha value is -2.72. The van der Waals surface area contributed by atoms with Gasteiger partial charge in [-0.15, -0.1) is 11.3 Å². The van der Waals surface area contributed by atoms with Gasteiger partial charge in [-0.1, -0.05) is 32.9 Å². The standard InChI is InChI=1S/C25H24FNOS/c1-15-10-17-12-22(28)20(13-23(17)29-15)18-6-5-7-19(24(18)26)21-11-16(8-9-27-21)14-25(2,3)4/h5-13,28H,14H2,1-4H3. The fourth-order valence-corrected chi connectivity index (χ4v) is 4.65. The number of aryl methyl sites for hydroxylation is 1. The van der Waals surface area contributed by atoms with Crippen molar-refractivity contribution in [2.45, 2.75) is 34.1 Å². The van der Waals surface area contributed by atoms with Crippen LogP contribution in [0.2, 0.25) is 0 Å². The minimum Gasteiger partial charge on any atom is -0.507 e. The van der Waals surface area contributed by atoms with Gasteiger partial charge in [-0.05, 0) is 66.1 Å². The molecule has 4 rings (SSSR count). The van der Waals surface area contributed by atoms with E-state index in [4.69, 9.17) is 0 Å². The van der Waals surface area contributed by atoms with E-state index in [0.29, 0.717) is 22.4 Å². The highest BCUT2D eigenvalue weighted by atomic mass is 32.1. The molecule has 0 amide bonds. The van der Waals surface area contributed by atoms with Gasteiger partial charge in [-0.25, -0.2) is 4.39 Å². The van der Waals surface area contributed by atoms with Crippen LogP contribution in [0.4, 0.5) is 4.39 Å². The Kier molecular flexibility index (Phi) is 4.91. The molecule has 29 heavy (non-hydrogen) atoms. The lowest BCUT2D eigenvalue weighted by molar-refractivity contribution is 0.411. The van der Waals surface area contributed by atoms with Crippen molar-refractivity contribution in [2.75, 3.05) is 0 Å². The van der Waals surface area contributed by atoms with E-state index in [1.807, 2.05) is 37.3 Å². The molecule has 0 aliphatic carbocycles. The quantitative estimate of drug-likeness (QED) is 0.386. The molecule has 2 nitrogen and oxygen atoms in total. The highest BCUT2D eigenvalue weighted by molar-refractivity contribution is 7.19. The summed E-state index contributed by atoms with van der Waals surface area (Å²) in [5.41, 5.74) is 3.21. The lowest BCUT2D eigenvalue weighted by atomic mass is 9.88. The molecule has 0 bridgehead atoms.